The van der Waals surface area contributed by atoms with Gasteiger partial charge in [0.1, 0.15) is 0 Å². The predicted molar refractivity (Wildman–Crippen MR) is 73.7 cm³/mol. The molecule has 0 saturated heterocycles. The summed E-state index contributed by atoms with van der Waals surface area (Å²) in [6.07, 6.45) is -0.698. The van der Waals surface area contributed by atoms with E-state index in [1.165, 1.54) is 6.07 Å². The molecule has 0 fully saturated rings. The van der Waals surface area contributed by atoms with E-state index in [1.54, 1.807) is 19.3 Å². The third-order valence-corrected chi connectivity index (χ3v) is 3.39. The van der Waals surface area contributed by atoms with E-state index in [0.29, 0.717) is 24.0 Å². The van der Waals surface area contributed by atoms with Crippen molar-refractivity contribution < 1.29 is 18.3 Å². The van der Waals surface area contributed by atoms with Gasteiger partial charge in [-0.3, -0.25) is 4.98 Å². The quantitative estimate of drug-likeness (QED) is 0.922. The normalized spacial score (nSPS) is 13.2. The second-order valence-electron chi connectivity index (χ2n) is 4.98. The maximum atomic E-state index is 12.6. The average Bonchev–Trinajstić information content (AvgIpc) is 2.45. The summed E-state index contributed by atoms with van der Waals surface area (Å²) in [6, 6.07) is 7.15. The monoisotopic (exact) mass is 295 g/mol. The molecule has 1 unspecified atom stereocenters. The molecule has 0 saturated carbocycles. The molecule has 2 rings (SSSR count). The molecule has 2 nitrogen and oxygen atoms in total. The number of hydrogen-bond acceptors (Lipinski definition) is 2. The van der Waals surface area contributed by atoms with E-state index in [2.05, 4.69) is 4.98 Å². The van der Waals surface area contributed by atoms with E-state index in [0.717, 1.165) is 17.7 Å². The lowest BCUT2D eigenvalue weighted by molar-refractivity contribution is -0.137. The number of pyridine rings is 1. The molecule has 1 heterocycles. The molecule has 2 aromatic rings. The smallest absolute Gasteiger partial charge is 0.388 e. The first-order chi connectivity index (χ1) is 9.88. The van der Waals surface area contributed by atoms with Crippen molar-refractivity contribution in [1.29, 1.82) is 0 Å². The molecule has 0 bridgehead atoms. The van der Waals surface area contributed by atoms with Crippen molar-refractivity contribution in [2.75, 3.05) is 0 Å². The molecule has 21 heavy (non-hydrogen) atoms. The number of alkyl halides is 3. The van der Waals surface area contributed by atoms with Crippen molar-refractivity contribution in [3.05, 3.63) is 65.0 Å². The Hall–Kier alpha value is -1.88. The molecule has 0 spiro atoms. The zero-order chi connectivity index (χ0) is 15.5. The van der Waals surface area contributed by atoms with Crippen LogP contribution in [0.1, 0.15) is 34.8 Å². The summed E-state index contributed by atoms with van der Waals surface area (Å²) < 4.78 is 37.8. The van der Waals surface area contributed by atoms with Crippen LogP contribution in [0, 0.1) is 6.92 Å². The van der Waals surface area contributed by atoms with Gasteiger partial charge in [0.15, 0.2) is 0 Å². The van der Waals surface area contributed by atoms with Crippen LogP contribution < -0.4 is 0 Å². The van der Waals surface area contributed by atoms with Crippen LogP contribution in [-0.2, 0) is 12.6 Å². The second kappa shape index (κ2) is 6.26. The van der Waals surface area contributed by atoms with E-state index in [-0.39, 0.29) is 0 Å². The standard InChI is InChI=1S/C16H16F3NO/c1-11-9-13(16(17,18)19)5-6-14(11)15(21)7-4-12-3-2-8-20-10-12/h2-3,5-6,8-10,15,21H,4,7H2,1H3. The highest BCUT2D eigenvalue weighted by Gasteiger charge is 2.30. The largest absolute Gasteiger partial charge is 0.416 e. The molecule has 0 amide bonds. The van der Waals surface area contributed by atoms with Gasteiger partial charge in [0.25, 0.3) is 0 Å². The van der Waals surface area contributed by atoms with Gasteiger partial charge < -0.3 is 5.11 Å². The highest BCUT2D eigenvalue weighted by atomic mass is 19.4. The van der Waals surface area contributed by atoms with Gasteiger partial charge in [-0.2, -0.15) is 13.2 Å². The SMILES string of the molecule is Cc1cc(C(F)(F)F)ccc1C(O)CCc1cccnc1. The molecule has 112 valence electrons. The number of aliphatic hydroxyl groups excluding tert-OH is 1. The van der Waals surface area contributed by atoms with Crippen molar-refractivity contribution in [1.82, 2.24) is 4.98 Å². The number of aliphatic hydroxyl groups is 1. The van der Waals surface area contributed by atoms with Crippen LogP contribution in [0.15, 0.2) is 42.7 Å². The molecule has 0 aliphatic heterocycles. The van der Waals surface area contributed by atoms with E-state index in [4.69, 9.17) is 0 Å². The van der Waals surface area contributed by atoms with Crippen LogP contribution in [0.2, 0.25) is 0 Å². The van der Waals surface area contributed by atoms with Crippen LogP contribution in [0.3, 0.4) is 0 Å². The maximum absolute atomic E-state index is 12.6. The molecule has 1 aromatic heterocycles. The number of nitrogens with zero attached hydrogens (tertiary/aromatic N) is 1. The van der Waals surface area contributed by atoms with Gasteiger partial charge in [-0.1, -0.05) is 12.1 Å². The highest BCUT2D eigenvalue weighted by molar-refractivity contribution is 5.34. The maximum Gasteiger partial charge on any atom is 0.416 e. The zero-order valence-electron chi connectivity index (χ0n) is 11.6. The van der Waals surface area contributed by atoms with Crippen LogP contribution in [0.25, 0.3) is 0 Å². The summed E-state index contributed by atoms with van der Waals surface area (Å²) in [7, 11) is 0. The third kappa shape index (κ3) is 4.04. The summed E-state index contributed by atoms with van der Waals surface area (Å²) >= 11 is 0. The molecular formula is C16H16F3NO. The summed E-state index contributed by atoms with van der Waals surface area (Å²) in [5.74, 6) is 0. The van der Waals surface area contributed by atoms with E-state index in [9.17, 15) is 18.3 Å². The Kier molecular flexibility index (Phi) is 4.63. The molecule has 0 radical (unpaired) electrons. The van der Waals surface area contributed by atoms with E-state index >= 15 is 0 Å². The molecular weight excluding hydrogens is 279 g/mol. The van der Waals surface area contributed by atoms with Crippen molar-refractivity contribution in [3.8, 4) is 0 Å². The lowest BCUT2D eigenvalue weighted by Crippen LogP contribution is -2.08. The first-order valence-electron chi connectivity index (χ1n) is 6.62. The minimum absolute atomic E-state index is 0.442. The van der Waals surface area contributed by atoms with Crippen molar-refractivity contribution in [2.45, 2.75) is 32.0 Å². The molecule has 1 atom stereocenters. The van der Waals surface area contributed by atoms with Crippen molar-refractivity contribution >= 4 is 0 Å². The Bertz CT molecular complexity index is 596. The minimum Gasteiger partial charge on any atom is -0.388 e. The Morgan fingerprint density at radius 2 is 2.00 bits per heavy atom. The first-order valence-corrected chi connectivity index (χ1v) is 6.62. The highest BCUT2D eigenvalue weighted by Crippen LogP contribution is 2.32. The topological polar surface area (TPSA) is 33.1 Å². The van der Waals surface area contributed by atoms with Gasteiger partial charge in [-0.25, -0.2) is 0 Å². The van der Waals surface area contributed by atoms with Gasteiger partial charge in [-0.05, 0) is 54.7 Å². The molecule has 0 aliphatic carbocycles. The van der Waals surface area contributed by atoms with Gasteiger partial charge in [0.05, 0.1) is 11.7 Å². The molecule has 1 aromatic carbocycles. The Morgan fingerprint density at radius 1 is 1.24 bits per heavy atom. The summed E-state index contributed by atoms with van der Waals surface area (Å²) in [4.78, 5) is 3.98. The fraction of sp³-hybridized carbons (Fsp3) is 0.312. The lowest BCUT2D eigenvalue weighted by atomic mass is 9.96. The number of aromatic nitrogens is 1. The van der Waals surface area contributed by atoms with Gasteiger partial charge in [-0.15, -0.1) is 0 Å². The molecule has 1 N–H and O–H groups in total. The number of hydrogen-bond donors (Lipinski definition) is 1. The Balaban J connectivity index is 2.07. The zero-order valence-corrected chi connectivity index (χ0v) is 11.6. The molecule has 0 aliphatic rings. The Labute approximate surface area is 121 Å². The molecule has 5 heteroatoms. The van der Waals surface area contributed by atoms with Crippen LogP contribution in [0.4, 0.5) is 13.2 Å². The van der Waals surface area contributed by atoms with Gasteiger partial charge in [0, 0.05) is 12.4 Å². The number of rotatable bonds is 4. The van der Waals surface area contributed by atoms with Gasteiger partial charge >= 0.3 is 6.18 Å². The average molecular weight is 295 g/mol. The number of halogens is 3. The fourth-order valence-electron chi connectivity index (χ4n) is 2.23. The Morgan fingerprint density at radius 3 is 2.57 bits per heavy atom. The summed E-state index contributed by atoms with van der Waals surface area (Å²) in [5, 5.41) is 10.2. The third-order valence-electron chi connectivity index (χ3n) is 3.39. The van der Waals surface area contributed by atoms with Crippen LogP contribution in [-0.4, -0.2) is 10.1 Å². The van der Waals surface area contributed by atoms with Crippen LogP contribution >= 0.6 is 0 Å². The van der Waals surface area contributed by atoms with E-state index < -0.39 is 17.8 Å². The lowest BCUT2D eigenvalue weighted by Gasteiger charge is -2.16. The van der Waals surface area contributed by atoms with Gasteiger partial charge in [0.2, 0.25) is 0 Å². The van der Waals surface area contributed by atoms with Crippen LogP contribution in [0.5, 0.6) is 0 Å². The second-order valence-corrected chi connectivity index (χ2v) is 4.98. The predicted octanol–water partition coefficient (Wildman–Crippen LogP) is 4.08. The van der Waals surface area contributed by atoms with E-state index in [1.807, 2.05) is 12.1 Å². The summed E-state index contributed by atoms with van der Waals surface area (Å²) in [6.45, 7) is 1.58. The van der Waals surface area contributed by atoms with Crippen molar-refractivity contribution in [3.63, 3.8) is 0 Å². The number of aryl methyl sites for hydroxylation is 2. The summed E-state index contributed by atoms with van der Waals surface area (Å²) in [5.41, 5.74) is 1.28. The first kappa shape index (κ1) is 15.5. The minimum atomic E-state index is -4.36. The fourth-order valence-corrected chi connectivity index (χ4v) is 2.23. The van der Waals surface area contributed by atoms with Crippen molar-refractivity contribution in [2.24, 2.45) is 0 Å². The number of benzene rings is 1.